The zero-order chi connectivity index (χ0) is 27.4. The fourth-order valence-corrected chi connectivity index (χ4v) is 4.71. The van der Waals surface area contributed by atoms with Crippen LogP contribution in [-0.2, 0) is 10.1 Å². The lowest BCUT2D eigenvalue weighted by atomic mass is 9.85. The summed E-state index contributed by atoms with van der Waals surface area (Å²) in [6, 6.07) is 11.2. The number of fused-ring (bicyclic) bond motifs is 2. The van der Waals surface area contributed by atoms with Crippen molar-refractivity contribution in [1.29, 1.82) is 0 Å². The standard InChI is InChI=1S/C23H14F9NO3S/c24-20(25,22(28,29)30)21(26,27)23(31,32)37(34,35)36-17-9-8-14-11-16(7-6-15(14)12-17)18-5-1-3-13-4-2-10-33-19(13)18/h1-4,6-12,18H,5H2. The van der Waals surface area contributed by atoms with Crippen LogP contribution in [0.2, 0.25) is 0 Å². The highest BCUT2D eigenvalue weighted by atomic mass is 32.2. The number of allylic oxidation sites excluding steroid dienone is 1. The fourth-order valence-electron chi connectivity index (χ4n) is 3.81. The smallest absolute Gasteiger partial charge is 0.378 e. The molecular weight excluding hydrogens is 541 g/mol. The maximum atomic E-state index is 13.9. The molecule has 2 aromatic carbocycles. The van der Waals surface area contributed by atoms with E-state index in [4.69, 9.17) is 0 Å². The van der Waals surface area contributed by atoms with Crippen LogP contribution in [-0.4, -0.2) is 36.7 Å². The lowest BCUT2D eigenvalue weighted by molar-refractivity contribution is -0.382. The van der Waals surface area contributed by atoms with E-state index < -0.39 is 39.1 Å². The Morgan fingerprint density at radius 3 is 2.16 bits per heavy atom. The Morgan fingerprint density at radius 2 is 1.49 bits per heavy atom. The summed E-state index contributed by atoms with van der Waals surface area (Å²) in [4.78, 5) is 4.39. The van der Waals surface area contributed by atoms with Crippen LogP contribution in [0.3, 0.4) is 0 Å². The van der Waals surface area contributed by atoms with Gasteiger partial charge in [0.15, 0.2) is 0 Å². The quantitative estimate of drug-likeness (QED) is 0.245. The number of halogens is 9. The van der Waals surface area contributed by atoms with Gasteiger partial charge in [0.05, 0.1) is 5.69 Å². The fraction of sp³-hybridized carbons (Fsp3) is 0.261. The zero-order valence-corrected chi connectivity index (χ0v) is 18.9. The van der Waals surface area contributed by atoms with Gasteiger partial charge in [0.25, 0.3) is 0 Å². The summed E-state index contributed by atoms with van der Waals surface area (Å²) in [6.45, 7) is 0. The summed E-state index contributed by atoms with van der Waals surface area (Å²) in [7, 11) is -7.02. The zero-order valence-electron chi connectivity index (χ0n) is 18.1. The first kappa shape index (κ1) is 26.8. The highest BCUT2D eigenvalue weighted by Gasteiger charge is 2.86. The number of aromatic nitrogens is 1. The van der Waals surface area contributed by atoms with Crippen LogP contribution in [0.5, 0.6) is 5.75 Å². The molecule has 1 aromatic heterocycles. The summed E-state index contributed by atoms with van der Waals surface area (Å²) in [5.74, 6) is -15.9. The number of hydrogen-bond donors (Lipinski definition) is 0. The van der Waals surface area contributed by atoms with Crippen LogP contribution < -0.4 is 4.18 Å². The molecule has 1 aliphatic rings. The van der Waals surface area contributed by atoms with Crippen molar-refractivity contribution in [1.82, 2.24) is 4.98 Å². The van der Waals surface area contributed by atoms with Crippen LogP contribution in [0.4, 0.5) is 39.5 Å². The van der Waals surface area contributed by atoms with E-state index in [-0.39, 0.29) is 11.3 Å². The number of nitrogens with zero attached hydrogens (tertiary/aromatic N) is 1. The maximum absolute atomic E-state index is 13.9. The van der Waals surface area contributed by atoms with E-state index in [0.29, 0.717) is 11.8 Å². The first-order valence-corrected chi connectivity index (χ1v) is 11.7. The molecule has 37 heavy (non-hydrogen) atoms. The number of rotatable bonds is 6. The molecule has 0 spiro atoms. The molecule has 0 saturated carbocycles. The van der Waals surface area contributed by atoms with E-state index in [1.54, 1.807) is 24.4 Å². The first-order chi connectivity index (χ1) is 17.0. The van der Waals surface area contributed by atoms with Gasteiger partial charge in [-0.15, -0.1) is 0 Å². The van der Waals surface area contributed by atoms with Gasteiger partial charge < -0.3 is 4.18 Å². The second-order valence-electron chi connectivity index (χ2n) is 8.14. The van der Waals surface area contributed by atoms with Gasteiger partial charge in [0, 0.05) is 12.1 Å². The molecule has 4 nitrogen and oxygen atoms in total. The van der Waals surface area contributed by atoms with Crippen molar-refractivity contribution < 1.29 is 52.1 Å². The number of alkyl halides is 9. The summed E-state index contributed by atoms with van der Waals surface area (Å²) >= 11 is 0. The second-order valence-corrected chi connectivity index (χ2v) is 9.73. The van der Waals surface area contributed by atoms with Crippen LogP contribution in [0.15, 0.2) is 60.8 Å². The van der Waals surface area contributed by atoms with Crippen LogP contribution in [0.1, 0.15) is 29.2 Å². The van der Waals surface area contributed by atoms with E-state index in [0.717, 1.165) is 29.0 Å². The average molecular weight is 555 g/mol. The maximum Gasteiger partial charge on any atom is 0.460 e. The number of benzene rings is 2. The normalized spacial score (nSPS) is 17.1. The third kappa shape index (κ3) is 4.30. The third-order valence-electron chi connectivity index (χ3n) is 5.74. The molecule has 0 bridgehead atoms. The van der Waals surface area contributed by atoms with Crippen molar-refractivity contribution in [2.45, 2.75) is 35.6 Å². The molecule has 1 heterocycles. The Morgan fingerprint density at radius 1 is 0.838 bits per heavy atom. The Bertz CT molecular complexity index is 1480. The summed E-state index contributed by atoms with van der Waals surface area (Å²) in [5.41, 5.74) is 2.49. The second kappa shape index (κ2) is 8.64. The molecule has 1 atom stereocenters. The molecule has 1 aliphatic carbocycles. The molecule has 0 amide bonds. The van der Waals surface area contributed by atoms with Crippen molar-refractivity contribution in [3.05, 3.63) is 77.6 Å². The van der Waals surface area contributed by atoms with Gasteiger partial charge in [-0.1, -0.05) is 42.5 Å². The summed E-state index contributed by atoms with van der Waals surface area (Å²) in [6.07, 6.45) is -1.08. The van der Waals surface area contributed by atoms with Gasteiger partial charge in [-0.3, -0.25) is 4.98 Å². The molecule has 0 saturated heterocycles. The highest BCUT2D eigenvalue weighted by molar-refractivity contribution is 7.88. The SMILES string of the molecule is O=S(=O)(Oc1ccc2cc(C3CC=Cc4cccnc43)ccc2c1)C(F)(F)C(F)(F)C(F)(F)C(F)(F)F. The van der Waals surface area contributed by atoms with Crippen molar-refractivity contribution in [2.24, 2.45) is 0 Å². The molecule has 0 N–H and O–H groups in total. The van der Waals surface area contributed by atoms with Crippen molar-refractivity contribution in [2.75, 3.05) is 0 Å². The molecule has 3 aromatic rings. The minimum Gasteiger partial charge on any atom is -0.378 e. The van der Waals surface area contributed by atoms with Crippen LogP contribution >= 0.6 is 0 Å². The molecule has 0 aliphatic heterocycles. The number of hydrogen-bond acceptors (Lipinski definition) is 4. The Balaban J connectivity index is 1.64. The van der Waals surface area contributed by atoms with E-state index in [1.807, 2.05) is 18.2 Å². The van der Waals surface area contributed by atoms with Gasteiger partial charge in [0.2, 0.25) is 0 Å². The summed E-state index contributed by atoms with van der Waals surface area (Å²) in [5, 5.41) is -6.32. The predicted octanol–water partition coefficient (Wildman–Crippen LogP) is 6.92. The average Bonchev–Trinajstić information content (AvgIpc) is 2.82. The van der Waals surface area contributed by atoms with Crippen LogP contribution in [0, 0.1) is 0 Å². The van der Waals surface area contributed by atoms with Crippen LogP contribution in [0.25, 0.3) is 16.8 Å². The van der Waals surface area contributed by atoms with Gasteiger partial charge >= 0.3 is 33.4 Å². The van der Waals surface area contributed by atoms with Gasteiger partial charge in [-0.25, -0.2) is 0 Å². The first-order valence-electron chi connectivity index (χ1n) is 10.3. The van der Waals surface area contributed by atoms with Crippen molar-refractivity contribution in [3.8, 4) is 5.75 Å². The van der Waals surface area contributed by atoms with Crippen molar-refractivity contribution >= 4 is 27.0 Å². The molecule has 198 valence electrons. The molecule has 0 fully saturated rings. The van der Waals surface area contributed by atoms with Gasteiger partial charge in [-0.2, -0.15) is 47.9 Å². The monoisotopic (exact) mass is 555 g/mol. The molecule has 4 rings (SSSR count). The highest BCUT2D eigenvalue weighted by Crippen LogP contribution is 2.55. The van der Waals surface area contributed by atoms with E-state index in [9.17, 15) is 47.9 Å². The lowest BCUT2D eigenvalue weighted by Crippen LogP contribution is -2.63. The van der Waals surface area contributed by atoms with Gasteiger partial charge in [0.1, 0.15) is 5.75 Å². The minimum absolute atomic E-state index is 0.141. The minimum atomic E-state index is -7.37. The van der Waals surface area contributed by atoms with Gasteiger partial charge in [-0.05, 0) is 46.5 Å². The van der Waals surface area contributed by atoms with E-state index in [1.165, 1.54) is 12.1 Å². The largest absolute Gasteiger partial charge is 0.460 e. The molecule has 1 unspecified atom stereocenters. The Labute approximate surface area is 203 Å². The molecular formula is C23H14F9NO3S. The third-order valence-corrected chi connectivity index (χ3v) is 7.04. The number of pyridine rings is 1. The Kier molecular flexibility index (Phi) is 6.25. The molecule has 14 heteroatoms. The molecule has 0 radical (unpaired) electrons. The van der Waals surface area contributed by atoms with E-state index >= 15 is 0 Å². The topological polar surface area (TPSA) is 56.3 Å². The van der Waals surface area contributed by atoms with Crippen molar-refractivity contribution in [3.63, 3.8) is 0 Å². The Hall–Kier alpha value is -3.29. The lowest BCUT2D eigenvalue weighted by Gasteiger charge is -2.32. The van der Waals surface area contributed by atoms with E-state index in [2.05, 4.69) is 9.17 Å². The predicted molar refractivity (Wildman–Crippen MR) is 114 cm³/mol. The summed E-state index contributed by atoms with van der Waals surface area (Å²) < 4.78 is 145.